The van der Waals surface area contributed by atoms with Gasteiger partial charge in [0.2, 0.25) is 0 Å². The molecule has 0 amide bonds. The Bertz CT molecular complexity index is 531. The number of benzene rings is 1. The van der Waals surface area contributed by atoms with Crippen LogP contribution in [0.25, 0.3) is 11.3 Å². The smallest absolute Gasteiger partial charge is 0.128 e. The Balaban J connectivity index is 1.88. The number of para-hydroxylation sites is 1. The highest BCUT2D eigenvalue weighted by atomic mass is 16.5. The lowest BCUT2D eigenvalue weighted by Crippen LogP contribution is -2.15. The fourth-order valence-corrected chi connectivity index (χ4v) is 2.07. The van der Waals surface area contributed by atoms with Gasteiger partial charge in [0.15, 0.2) is 0 Å². The topological polar surface area (TPSA) is 49.9 Å². The number of ether oxygens (including phenoxy) is 1. The number of nitrogens with zero attached hydrogens (tertiary/aromatic N) is 1. The second-order valence-electron chi connectivity index (χ2n) is 4.63. The lowest BCUT2D eigenvalue weighted by atomic mass is 10.1. The number of H-pyrrole nitrogens is 1. The predicted octanol–water partition coefficient (Wildman–Crippen LogP) is 2.34. The van der Waals surface area contributed by atoms with Crippen LogP contribution in [-0.2, 0) is 6.54 Å². The molecule has 1 aromatic carbocycles. The number of nitrogens with one attached hydrogen (secondary N) is 2. The van der Waals surface area contributed by atoms with E-state index in [0.29, 0.717) is 6.04 Å². The highest BCUT2D eigenvalue weighted by Crippen LogP contribution is 2.30. The Morgan fingerprint density at radius 2 is 2.22 bits per heavy atom. The van der Waals surface area contributed by atoms with E-state index in [2.05, 4.69) is 15.5 Å². The van der Waals surface area contributed by atoms with Crippen molar-refractivity contribution in [1.29, 1.82) is 0 Å². The van der Waals surface area contributed by atoms with Gasteiger partial charge in [0.05, 0.1) is 19.0 Å². The van der Waals surface area contributed by atoms with Crippen molar-refractivity contribution in [1.82, 2.24) is 15.5 Å². The van der Waals surface area contributed by atoms with Crippen LogP contribution < -0.4 is 10.1 Å². The van der Waals surface area contributed by atoms with Crippen LogP contribution in [0.4, 0.5) is 0 Å². The van der Waals surface area contributed by atoms with E-state index in [0.717, 1.165) is 23.6 Å². The molecular formula is C14H17N3O. The van der Waals surface area contributed by atoms with Crippen molar-refractivity contribution in [3.63, 3.8) is 0 Å². The summed E-state index contributed by atoms with van der Waals surface area (Å²) in [4.78, 5) is 0. The van der Waals surface area contributed by atoms with Crippen molar-refractivity contribution >= 4 is 0 Å². The molecule has 4 heteroatoms. The summed E-state index contributed by atoms with van der Waals surface area (Å²) in [6, 6.07) is 8.70. The zero-order valence-corrected chi connectivity index (χ0v) is 10.4. The summed E-state index contributed by atoms with van der Waals surface area (Å²) in [7, 11) is 1.69. The van der Waals surface area contributed by atoms with Gasteiger partial charge in [-0.3, -0.25) is 5.10 Å². The third kappa shape index (κ3) is 2.24. The fourth-order valence-electron chi connectivity index (χ4n) is 2.07. The van der Waals surface area contributed by atoms with Crippen LogP contribution in [0.2, 0.25) is 0 Å². The molecule has 0 radical (unpaired) electrons. The van der Waals surface area contributed by atoms with Crippen LogP contribution in [0.5, 0.6) is 5.75 Å². The first-order valence-corrected chi connectivity index (χ1v) is 6.27. The molecule has 0 unspecified atom stereocenters. The van der Waals surface area contributed by atoms with Gasteiger partial charge in [0, 0.05) is 23.7 Å². The predicted molar refractivity (Wildman–Crippen MR) is 70.4 cm³/mol. The molecule has 1 saturated carbocycles. The average Bonchev–Trinajstić information content (AvgIpc) is 3.13. The van der Waals surface area contributed by atoms with Gasteiger partial charge in [0.1, 0.15) is 5.75 Å². The summed E-state index contributed by atoms with van der Waals surface area (Å²) >= 11 is 0. The van der Waals surface area contributed by atoms with E-state index in [1.54, 1.807) is 7.11 Å². The molecule has 0 atom stereocenters. The Morgan fingerprint density at radius 3 is 3.00 bits per heavy atom. The van der Waals surface area contributed by atoms with Crippen molar-refractivity contribution in [2.45, 2.75) is 25.4 Å². The summed E-state index contributed by atoms with van der Waals surface area (Å²) in [6.07, 6.45) is 4.47. The average molecular weight is 243 g/mol. The summed E-state index contributed by atoms with van der Waals surface area (Å²) in [5.41, 5.74) is 3.29. The van der Waals surface area contributed by atoms with Crippen LogP contribution in [0.3, 0.4) is 0 Å². The molecule has 1 heterocycles. The Morgan fingerprint density at radius 1 is 1.39 bits per heavy atom. The zero-order chi connectivity index (χ0) is 12.4. The maximum Gasteiger partial charge on any atom is 0.128 e. The van der Waals surface area contributed by atoms with Gasteiger partial charge in [-0.25, -0.2) is 0 Å². The van der Waals surface area contributed by atoms with Gasteiger partial charge in [-0.05, 0) is 25.0 Å². The van der Waals surface area contributed by atoms with Crippen molar-refractivity contribution in [3.8, 4) is 17.0 Å². The molecule has 3 rings (SSSR count). The van der Waals surface area contributed by atoms with Gasteiger partial charge in [0.25, 0.3) is 0 Å². The number of aromatic nitrogens is 2. The second-order valence-corrected chi connectivity index (χ2v) is 4.63. The van der Waals surface area contributed by atoms with Crippen LogP contribution >= 0.6 is 0 Å². The highest BCUT2D eigenvalue weighted by Gasteiger charge is 2.21. The molecule has 1 aliphatic carbocycles. The van der Waals surface area contributed by atoms with Crippen LogP contribution in [-0.4, -0.2) is 23.3 Å². The molecule has 0 saturated heterocycles. The molecule has 1 aromatic heterocycles. The third-order valence-corrected chi connectivity index (χ3v) is 3.25. The highest BCUT2D eigenvalue weighted by molar-refractivity contribution is 5.69. The standard InChI is InChI=1S/C14H17N3O/c1-18-13-5-3-2-4-12(13)14-10(9-16-17-14)8-15-11-6-7-11/h2-5,9,11,15H,6-8H2,1H3,(H,16,17). The molecule has 1 fully saturated rings. The molecule has 4 nitrogen and oxygen atoms in total. The normalized spacial score (nSPS) is 14.7. The molecule has 0 aliphatic heterocycles. The van der Waals surface area contributed by atoms with E-state index in [1.807, 2.05) is 30.5 Å². The van der Waals surface area contributed by atoms with Gasteiger partial charge < -0.3 is 10.1 Å². The Kier molecular flexibility index (Phi) is 3.02. The van der Waals surface area contributed by atoms with Crippen molar-refractivity contribution < 1.29 is 4.74 Å². The van der Waals surface area contributed by atoms with Gasteiger partial charge in [-0.2, -0.15) is 5.10 Å². The third-order valence-electron chi connectivity index (χ3n) is 3.25. The number of hydrogen-bond acceptors (Lipinski definition) is 3. The lowest BCUT2D eigenvalue weighted by molar-refractivity contribution is 0.416. The van der Waals surface area contributed by atoms with E-state index >= 15 is 0 Å². The van der Waals surface area contributed by atoms with Crippen LogP contribution in [0.1, 0.15) is 18.4 Å². The molecular weight excluding hydrogens is 226 g/mol. The largest absolute Gasteiger partial charge is 0.496 e. The second kappa shape index (κ2) is 4.82. The first-order valence-electron chi connectivity index (χ1n) is 6.27. The minimum atomic E-state index is 0.699. The Hall–Kier alpha value is -1.81. The van der Waals surface area contributed by atoms with E-state index in [-0.39, 0.29) is 0 Å². The Labute approximate surface area is 106 Å². The zero-order valence-electron chi connectivity index (χ0n) is 10.4. The first kappa shape index (κ1) is 11.3. The minimum absolute atomic E-state index is 0.699. The van der Waals surface area contributed by atoms with Gasteiger partial charge in [-0.15, -0.1) is 0 Å². The summed E-state index contributed by atoms with van der Waals surface area (Å²) in [5, 5.41) is 10.7. The van der Waals surface area contributed by atoms with Gasteiger partial charge in [-0.1, -0.05) is 12.1 Å². The summed E-state index contributed by atoms with van der Waals surface area (Å²) in [5.74, 6) is 0.870. The number of methoxy groups -OCH3 is 1. The monoisotopic (exact) mass is 243 g/mol. The molecule has 1 aliphatic rings. The van der Waals surface area contributed by atoms with E-state index < -0.39 is 0 Å². The summed E-state index contributed by atoms with van der Waals surface area (Å²) in [6.45, 7) is 0.856. The number of hydrogen-bond donors (Lipinski definition) is 2. The molecule has 94 valence electrons. The van der Waals surface area contributed by atoms with Crippen LogP contribution in [0.15, 0.2) is 30.5 Å². The number of rotatable bonds is 5. The maximum absolute atomic E-state index is 5.39. The molecule has 0 bridgehead atoms. The SMILES string of the molecule is COc1ccccc1-c1[nH]ncc1CNC1CC1. The van der Waals surface area contributed by atoms with Crippen molar-refractivity contribution in [3.05, 3.63) is 36.0 Å². The molecule has 18 heavy (non-hydrogen) atoms. The molecule has 2 N–H and O–H groups in total. The minimum Gasteiger partial charge on any atom is -0.496 e. The molecule has 2 aromatic rings. The maximum atomic E-state index is 5.39. The van der Waals surface area contributed by atoms with Crippen LogP contribution in [0, 0.1) is 0 Å². The quantitative estimate of drug-likeness (QED) is 0.847. The summed E-state index contributed by atoms with van der Waals surface area (Å²) < 4.78 is 5.39. The van der Waals surface area contributed by atoms with E-state index in [4.69, 9.17) is 4.74 Å². The van der Waals surface area contributed by atoms with Crippen molar-refractivity contribution in [2.75, 3.05) is 7.11 Å². The van der Waals surface area contributed by atoms with E-state index in [9.17, 15) is 0 Å². The van der Waals surface area contributed by atoms with Gasteiger partial charge >= 0.3 is 0 Å². The first-order chi connectivity index (χ1) is 8.88. The fraction of sp³-hybridized carbons (Fsp3) is 0.357. The lowest BCUT2D eigenvalue weighted by Gasteiger charge is -2.09. The molecule has 0 spiro atoms. The number of aromatic amines is 1. The van der Waals surface area contributed by atoms with E-state index in [1.165, 1.54) is 18.4 Å². The van der Waals surface area contributed by atoms with Crippen molar-refractivity contribution in [2.24, 2.45) is 0 Å².